The largest absolute Gasteiger partial charge is 0.509 e. The summed E-state index contributed by atoms with van der Waals surface area (Å²) in [5.41, 5.74) is 1.35. The molecule has 4 rings (SSSR count). The highest BCUT2D eigenvalue weighted by molar-refractivity contribution is 6.05. The first kappa shape index (κ1) is 18.8. The Labute approximate surface area is 168 Å². The van der Waals surface area contributed by atoms with E-state index in [4.69, 9.17) is 6.57 Å². The second-order valence-corrected chi connectivity index (χ2v) is 7.35. The molecule has 1 aromatic heterocycles. The van der Waals surface area contributed by atoms with Crippen LogP contribution in [0.2, 0.25) is 0 Å². The van der Waals surface area contributed by atoms with Gasteiger partial charge in [0, 0.05) is 22.9 Å². The van der Waals surface area contributed by atoms with Crippen LogP contribution in [0.3, 0.4) is 0 Å². The molecule has 1 fully saturated rings. The molecule has 0 unspecified atom stereocenters. The zero-order valence-electron chi connectivity index (χ0n) is 16.1. The van der Waals surface area contributed by atoms with E-state index in [1.54, 1.807) is 12.1 Å². The Morgan fingerprint density at radius 2 is 2.03 bits per heavy atom. The van der Waals surface area contributed by atoms with Gasteiger partial charge in [0.2, 0.25) is 5.91 Å². The Morgan fingerprint density at radius 3 is 2.76 bits per heavy atom. The molecule has 3 aromatic rings. The summed E-state index contributed by atoms with van der Waals surface area (Å²) in [5.74, 6) is 0.270. The average Bonchev–Trinajstić information content (AvgIpc) is 2.74. The Morgan fingerprint density at radius 1 is 1.24 bits per heavy atom. The molecule has 0 radical (unpaired) electrons. The number of phenolic OH excluding ortho intramolecular Hbond substituents is 1. The van der Waals surface area contributed by atoms with Crippen LogP contribution in [-0.2, 0) is 4.79 Å². The maximum atomic E-state index is 12.8. The average molecular weight is 387 g/mol. The van der Waals surface area contributed by atoms with Crippen LogP contribution in [0.5, 0.6) is 5.75 Å². The highest BCUT2D eigenvalue weighted by atomic mass is 16.3. The van der Waals surface area contributed by atoms with Crippen LogP contribution in [0.25, 0.3) is 26.9 Å². The molecule has 0 aliphatic carbocycles. The molecule has 7 nitrogen and oxygen atoms in total. The van der Waals surface area contributed by atoms with Gasteiger partial charge >= 0.3 is 0 Å². The van der Waals surface area contributed by atoms with Gasteiger partial charge in [-0.1, -0.05) is 36.4 Å². The second-order valence-electron chi connectivity index (χ2n) is 7.35. The van der Waals surface area contributed by atoms with Crippen molar-refractivity contribution in [1.29, 1.82) is 0 Å². The third-order valence-corrected chi connectivity index (χ3v) is 5.29. The summed E-state index contributed by atoms with van der Waals surface area (Å²) in [6, 6.07) is 12.2. The minimum atomic E-state index is -0.0702. The number of fused-ring (bicyclic) bond motifs is 1. The lowest BCUT2D eigenvalue weighted by Crippen LogP contribution is -2.38. The van der Waals surface area contributed by atoms with Crippen LogP contribution >= 0.6 is 0 Å². The van der Waals surface area contributed by atoms with E-state index in [0.717, 1.165) is 36.7 Å². The normalized spacial score (nSPS) is 17.0. The van der Waals surface area contributed by atoms with Crippen molar-refractivity contribution in [2.75, 3.05) is 25.5 Å². The smallest absolute Gasteiger partial charge is 0.229 e. The molecule has 1 atom stereocenters. The zero-order valence-corrected chi connectivity index (χ0v) is 16.1. The summed E-state index contributed by atoms with van der Waals surface area (Å²) < 4.78 is 0. The van der Waals surface area contributed by atoms with Gasteiger partial charge in [-0.25, -0.2) is 4.85 Å². The van der Waals surface area contributed by atoms with Gasteiger partial charge in [0.25, 0.3) is 0 Å². The van der Waals surface area contributed by atoms with Crippen molar-refractivity contribution in [2.24, 2.45) is 5.92 Å². The van der Waals surface area contributed by atoms with Crippen molar-refractivity contribution in [2.45, 2.75) is 12.8 Å². The summed E-state index contributed by atoms with van der Waals surface area (Å²) in [6.07, 6.45) is 1.86. The van der Waals surface area contributed by atoms with E-state index >= 15 is 0 Å². The predicted molar refractivity (Wildman–Crippen MR) is 112 cm³/mol. The maximum Gasteiger partial charge on any atom is 0.229 e. The zero-order chi connectivity index (χ0) is 20.4. The van der Waals surface area contributed by atoms with E-state index in [0.29, 0.717) is 22.8 Å². The lowest BCUT2D eigenvalue weighted by molar-refractivity contribution is -0.121. The number of piperidine rings is 1. The summed E-state index contributed by atoms with van der Waals surface area (Å²) in [6.45, 7) is 8.82. The van der Waals surface area contributed by atoms with E-state index in [2.05, 4.69) is 25.3 Å². The van der Waals surface area contributed by atoms with Crippen molar-refractivity contribution >= 4 is 28.2 Å². The number of aromatic nitrogens is 2. The number of likely N-dealkylation sites (tertiary alicyclic amines) is 1. The molecule has 2 heterocycles. The van der Waals surface area contributed by atoms with Crippen LogP contribution in [0.1, 0.15) is 12.8 Å². The Hall–Kier alpha value is -3.50. The molecule has 0 bridgehead atoms. The molecular formula is C22H21N5O2. The van der Waals surface area contributed by atoms with Gasteiger partial charge in [0.05, 0.1) is 12.5 Å². The second kappa shape index (κ2) is 7.86. The van der Waals surface area contributed by atoms with Crippen LogP contribution in [-0.4, -0.2) is 46.2 Å². The van der Waals surface area contributed by atoms with E-state index in [1.165, 1.54) is 6.07 Å². The number of aromatic hydroxyl groups is 1. The molecule has 0 saturated carbocycles. The predicted octanol–water partition coefficient (Wildman–Crippen LogP) is 3.83. The number of anilines is 1. The molecule has 7 heteroatoms. The molecule has 1 amide bonds. The topological polar surface area (TPSA) is 82.7 Å². The third-order valence-electron chi connectivity index (χ3n) is 5.29. The Bertz CT molecular complexity index is 1120. The van der Waals surface area contributed by atoms with Crippen LogP contribution in [0.15, 0.2) is 42.5 Å². The molecule has 29 heavy (non-hydrogen) atoms. The van der Waals surface area contributed by atoms with E-state index in [9.17, 15) is 9.90 Å². The summed E-state index contributed by atoms with van der Waals surface area (Å²) in [7, 11) is 2.02. The first-order valence-electron chi connectivity index (χ1n) is 9.52. The number of amides is 1. The van der Waals surface area contributed by atoms with Crippen molar-refractivity contribution < 1.29 is 9.90 Å². The molecule has 1 aliphatic heterocycles. The van der Waals surface area contributed by atoms with Gasteiger partial charge in [0.15, 0.2) is 11.5 Å². The molecule has 1 aliphatic rings. The number of rotatable bonds is 3. The fourth-order valence-electron chi connectivity index (χ4n) is 3.78. The van der Waals surface area contributed by atoms with Gasteiger partial charge in [-0.3, -0.25) is 4.79 Å². The van der Waals surface area contributed by atoms with Gasteiger partial charge in [-0.05, 0) is 32.5 Å². The number of phenols is 1. The molecule has 1 saturated heterocycles. The first-order valence-corrected chi connectivity index (χ1v) is 9.52. The van der Waals surface area contributed by atoms with E-state index in [-0.39, 0.29) is 17.6 Å². The quantitative estimate of drug-likeness (QED) is 0.668. The summed E-state index contributed by atoms with van der Waals surface area (Å²) in [4.78, 5) is 18.3. The van der Waals surface area contributed by atoms with E-state index < -0.39 is 0 Å². The van der Waals surface area contributed by atoms with Crippen molar-refractivity contribution in [3.63, 3.8) is 0 Å². The summed E-state index contributed by atoms with van der Waals surface area (Å²) >= 11 is 0. The van der Waals surface area contributed by atoms with Crippen molar-refractivity contribution in [1.82, 2.24) is 15.1 Å². The van der Waals surface area contributed by atoms with Crippen molar-refractivity contribution in [3.8, 4) is 17.0 Å². The number of benzene rings is 2. The number of nitrogens with one attached hydrogen (secondary N) is 1. The fourth-order valence-corrected chi connectivity index (χ4v) is 3.78. The lowest BCUT2D eigenvalue weighted by Gasteiger charge is -2.28. The van der Waals surface area contributed by atoms with Gasteiger partial charge in [-0.2, -0.15) is 0 Å². The van der Waals surface area contributed by atoms with Crippen LogP contribution in [0.4, 0.5) is 11.5 Å². The minimum Gasteiger partial charge on any atom is -0.509 e. The molecular weight excluding hydrogens is 366 g/mol. The monoisotopic (exact) mass is 387 g/mol. The number of nitrogens with zero attached hydrogens (tertiary/aromatic N) is 4. The number of carbonyl (C=O) groups excluding carboxylic acids is 1. The fraction of sp³-hybridized carbons (Fsp3) is 0.273. The Kier molecular flexibility index (Phi) is 5.10. The van der Waals surface area contributed by atoms with E-state index in [1.807, 2.05) is 31.3 Å². The summed E-state index contributed by atoms with van der Waals surface area (Å²) in [5, 5.41) is 23.4. The first-order chi connectivity index (χ1) is 14.1. The van der Waals surface area contributed by atoms with Gasteiger partial charge < -0.3 is 15.3 Å². The molecule has 146 valence electrons. The highest BCUT2D eigenvalue weighted by Gasteiger charge is 2.25. The van der Waals surface area contributed by atoms with Gasteiger partial charge in [-0.15, -0.1) is 10.2 Å². The van der Waals surface area contributed by atoms with Crippen molar-refractivity contribution in [3.05, 3.63) is 53.9 Å². The molecule has 2 N–H and O–H groups in total. The Balaban J connectivity index is 1.71. The maximum absolute atomic E-state index is 12.8. The molecule has 2 aromatic carbocycles. The van der Waals surface area contributed by atoms with Crippen LogP contribution in [0, 0.1) is 12.5 Å². The third kappa shape index (κ3) is 3.75. The SMILES string of the molecule is [C-]#[N+]c1ccc(-c2nnc(NC(=O)[C@@H]3CCCN(C)C3)c3ccccc23)c(O)c1. The van der Waals surface area contributed by atoms with Gasteiger partial charge in [0.1, 0.15) is 11.4 Å². The standard InChI is InChI=1S/C22H21N5O2/c1-23-15-9-10-18(19(28)12-15)20-16-7-3-4-8-17(16)21(26-25-20)24-22(29)14-6-5-11-27(2)13-14/h3-4,7-10,12,14,28H,5-6,11,13H2,2H3,(H,24,26,29)/t14-/m1/s1. The lowest BCUT2D eigenvalue weighted by atomic mass is 9.97. The number of carbonyl (C=O) groups is 1. The van der Waals surface area contributed by atoms with Crippen LogP contribution < -0.4 is 5.32 Å². The number of hydrogen-bond acceptors (Lipinski definition) is 5. The minimum absolute atomic E-state index is 0.0278. The number of hydrogen-bond donors (Lipinski definition) is 2. The molecule has 0 spiro atoms. The highest BCUT2D eigenvalue weighted by Crippen LogP contribution is 2.36.